The maximum absolute atomic E-state index is 13.1. The highest BCUT2D eigenvalue weighted by Gasteiger charge is 2.53. The molecule has 0 bridgehead atoms. The number of ether oxygens (including phenoxy) is 1. The number of esters is 1. The first-order valence-corrected chi connectivity index (χ1v) is 11.1. The Morgan fingerprint density at radius 1 is 1.27 bits per heavy atom. The molecular formula is C14H25F3O3SSi. The van der Waals surface area contributed by atoms with Crippen molar-refractivity contribution in [1.82, 2.24) is 0 Å². The van der Waals surface area contributed by atoms with Crippen molar-refractivity contribution in [3.05, 3.63) is 0 Å². The molecule has 0 aromatic carbocycles. The Kier molecular flexibility index (Phi) is 6.06. The fourth-order valence-corrected chi connectivity index (χ4v) is 4.58. The predicted octanol–water partition coefficient (Wildman–Crippen LogP) is 4.58. The molecule has 0 aromatic rings. The molecule has 0 N–H and O–H groups in total. The number of hydrogen-bond donors (Lipinski definition) is 0. The first kappa shape index (κ1) is 19.8. The van der Waals surface area contributed by atoms with Crippen LogP contribution in [0.3, 0.4) is 0 Å². The van der Waals surface area contributed by atoms with E-state index >= 15 is 0 Å². The Morgan fingerprint density at radius 3 is 2.23 bits per heavy atom. The van der Waals surface area contributed by atoms with Crippen LogP contribution in [0.4, 0.5) is 13.2 Å². The van der Waals surface area contributed by atoms with Crippen LogP contribution < -0.4 is 0 Å². The molecule has 0 radical (unpaired) electrons. The minimum absolute atomic E-state index is 0.00891. The smallest absolute Gasteiger partial charge is 0.396 e. The Labute approximate surface area is 135 Å². The van der Waals surface area contributed by atoms with Crippen molar-refractivity contribution in [3.63, 3.8) is 0 Å². The fourth-order valence-electron chi connectivity index (χ4n) is 1.92. The van der Waals surface area contributed by atoms with Gasteiger partial charge in [-0.2, -0.15) is 13.2 Å². The lowest BCUT2D eigenvalue weighted by Crippen LogP contribution is -2.42. The van der Waals surface area contributed by atoms with Gasteiger partial charge in [-0.3, -0.25) is 4.79 Å². The Balaban J connectivity index is 2.69. The Bertz CT molecular complexity index is 407. The lowest BCUT2D eigenvalue weighted by molar-refractivity contribution is -0.194. The van der Waals surface area contributed by atoms with Gasteiger partial charge in [0.1, 0.15) is 5.92 Å². The monoisotopic (exact) mass is 358 g/mol. The molecule has 1 rings (SSSR count). The zero-order valence-corrected chi connectivity index (χ0v) is 15.7. The normalized spacial score (nSPS) is 27.0. The Hall–Kier alpha value is -0.213. The van der Waals surface area contributed by atoms with Gasteiger partial charge in [-0.25, -0.2) is 0 Å². The molecular weight excluding hydrogens is 333 g/mol. The Morgan fingerprint density at radius 2 is 1.82 bits per heavy atom. The molecule has 1 aliphatic rings. The number of carbonyl (C=O) groups is 1. The van der Waals surface area contributed by atoms with E-state index in [0.717, 1.165) is 18.7 Å². The minimum Gasteiger partial charge on any atom is -0.451 e. The minimum atomic E-state index is -4.36. The standard InChI is InChI=1S/C14H25F3O3SSi/c1-9(18)20-12-11(14(15,16)17)7-10(21-12)8-19-22(5,6)13(2,3)4/h10-12H,7-8H2,1-6H3/t10-,11+,12?/m1/s1. The van der Waals surface area contributed by atoms with E-state index < -0.39 is 31.8 Å². The maximum Gasteiger partial charge on any atom is 0.396 e. The lowest BCUT2D eigenvalue weighted by atomic mass is 10.0. The third-order valence-corrected chi connectivity index (χ3v) is 10.2. The molecule has 1 heterocycles. The van der Waals surface area contributed by atoms with E-state index in [4.69, 9.17) is 9.16 Å². The molecule has 3 atom stereocenters. The van der Waals surface area contributed by atoms with Gasteiger partial charge >= 0.3 is 12.1 Å². The number of alkyl halides is 3. The van der Waals surface area contributed by atoms with Crippen LogP contribution in [0, 0.1) is 5.92 Å². The first-order valence-electron chi connectivity index (χ1n) is 7.27. The van der Waals surface area contributed by atoms with Gasteiger partial charge in [0.2, 0.25) is 0 Å². The van der Waals surface area contributed by atoms with E-state index in [1.807, 2.05) is 0 Å². The van der Waals surface area contributed by atoms with Crippen molar-refractivity contribution in [2.45, 2.75) is 69.1 Å². The molecule has 0 aromatic heterocycles. The fraction of sp³-hybridized carbons (Fsp3) is 0.929. The summed E-state index contributed by atoms with van der Waals surface area (Å²) in [4.78, 5) is 11.0. The van der Waals surface area contributed by atoms with Crippen LogP contribution in [-0.4, -0.2) is 37.8 Å². The van der Waals surface area contributed by atoms with E-state index in [1.54, 1.807) is 0 Å². The van der Waals surface area contributed by atoms with Crippen LogP contribution in [0.25, 0.3) is 0 Å². The predicted molar refractivity (Wildman–Crippen MR) is 84.2 cm³/mol. The highest BCUT2D eigenvalue weighted by Crippen LogP contribution is 2.48. The van der Waals surface area contributed by atoms with Crippen molar-refractivity contribution < 1.29 is 27.1 Å². The molecule has 3 nitrogen and oxygen atoms in total. The molecule has 0 aliphatic carbocycles. The summed E-state index contributed by atoms with van der Waals surface area (Å²) in [5.41, 5.74) is -1.16. The average molecular weight is 358 g/mol. The van der Waals surface area contributed by atoms with Gasteiger partial charge in [-0.1, -0.05) is 20.8 Å². The lowest BCUT2D eigenvalue weighted by Gasteiger charge is -2.36. The molecule has 1 unspecified atom stereocenters. The second-order valence-corrected chi connectivity index (χ2v) is 13.4. The van der Waals surface area contributed by atoms with E-state index in [2.05, 4.69) is 33.9 Å². The van der Waals surface area contributed by atoms with Gasteiger partial charge in [-0.15, -0.1) is 11.8 Å². The zero-order chi connectivity index (χ0) is 17.3. The zero-order valence-electron chi connectivity index (χ0n) is 13.9. The number of hydrogen-bond acceptors (Lipinski definition) is 4. The van der Waals surface area contributed by atoms with Crippen LogP contribution >= 0.6 is 11.8 Å². The summed E-state index contributed by atoms with van der Waals surface area (Å²) in [7, 11) is -2.00. The van der Waals surface area contributed by atoms with Gasteiger partial charge in [0.05, 0.1) is 0 Å². The number of halogens is 3. The third kappa shape index (κ3) is 5.16. The van der Waals surface area contributed by atoms with Crippen molar-refractivity contribution in [3.8, 4) is 0 Å². The van der Waals surface area contributed by atoms with Crippen molar-refractivity contribution in [1.29, 1.82) is 0 Å². The molecule has 1 aliphatic heterocycles. The molecule has 1 saturated heterocycles. The van der Waals surface area contributed by atoms with Crippen molar-refractivity contribution >= 4 is 26.0 Å². The topological polar surface area (TPSA) is 35.5 Å². The van der Waals surface area contributed by atoms with E-state index in [9.17, 15) is 18.0 Å². The quantitative estimate of drug-likeness (QED) is 0.544. The molecule has 0 saturated carbocycles. The highest BCUT2D eigenvalue weighted by molar-refractivity contribution is 8.00. The third-order valence-electron chi connectivity index (χ3n) is 4.31. The summed E-state index contributed by atoms with van der Waals surface area (Å²) in [6.07, 6.45) is -4.43. The van der Waals surface area contributed by atoms with Gasteiger partial charge in [-0.05, 0) is 24.6 Å². The van der Waals surface area contributed by atoms with Crippen molar-refractivity contribution in [2.24, 2.45) is 5.92 Å². The largest absolute Gasteiger partial charge is 0.451 e. The van der Waals surface area contributed by atoms with Gasteiger partial charge < -0.3 is 9.16 Å². The summed E-state index contributed by atoms with van der Waals surface area (Å²) in [5.74, 6) is -2.30. The van der Waals surface area contributed by atoms with Gasteiger partial charge in [0, 0.05) is 18.8 Å². The van der Waals surface area contributed by atoms with Crippen LogP contribution in [0.5, 0.6) is 0 Å². The van der Waals surface area contributed by atoms with E-state index in [-0.39, 0.29) is 23.3 Å². The molecule has 1 fully saturated rings. The van der Waals surface area contributed by atoms with Crippen LogP contribution in [-0.2, 0) is 14.0 Å². The number of thioether (sulfide) groups is 1. The maximum atomic E-state index is 13.1. The van der Waals surface area contributed by atoms with Crippen molar-refractivity contribution in [2.75, 3.05) is 6.61 Å². The first-order chi connectivity index (χ1) is 9.74. The van der Waals surface area contributed by atoms with Gasteiger partial charge in [0.15, 0.2) is 13.8 Å². The second-order valence-electron chi connectivity index (χ2n) is 7.19. The molecule has 0 amide bonds. The summed E-state index contributed by atoms with van der Waals surface area (Å²) in [6, 6.07) is 0. The number of carbonyl (C=O) groups excluding carboxylic acids is 1. The summed E-state index contributed by atoms with van der Waals surface area (Å²) in [5, 5.41) is -0.292. The molecule has 0 spiro atoms. The number of rotatable bonds is 4. The molecule has 22 heavy (non-hydrogen) atoms. The highest BCUT2D eigenvalue weighted by atomic mass is 32.2. The average Bonchev–Trinajstić information content (AvgIpc) is 2.67. The summed E-state index contributed by atoms with van der Waals surface area (Å²) >= 11 is 1.06. The van der Waals surface area contributed by atoms with Gasteiger partial charge in [0.25, 0.3) is 0 Å². The van der Waals surface area contributed by atoms with E-state index in [1.165, 1.54) is 0 Å². The van der Waals surface area contributed by atoms with Crippen LogP contribution in [0.15, 0.2) is 0 Å². The molecule has 8 heteroatoms. The summed E-state index contributed by atoms with van der Waals surface area (Å²) < 4.78 is 50.0. The van der Waals surface area contributed by atoms with Crippen LogP contribution in [0.2, 0.25) is 18.1 Å². The molecule has 130 valence electrons. The van der Waals surface area contributed by atoms with E-state index in [0.29, 0.717) is 0 Å². The SMILES string of the molecule is CC(=O)OC1S[C@@H](CO[Si](C)(C)C(C)(C)C)C[C@@H]1C(F)(F)F. The second kappa shape index (κ2) is 6.73. The van der Waals surface area contributed by atoms with Crippen LogP contribution in [0.1, 0.15) is 34.1 Å². The summed E-state index contributed by atoms with van der Waals surface area (Å²) in [6.45, 7) is 11.8.